The lowest BCUT2D eigenvalue weighted by Crippen LogP contribution is -2.19. The number of pyridine rings is 1. The van der Waals surface area contributed by atoms with Gasteiger partial charge in [0.25, 0.3) is 5.91 Å². The van der Waals surface area contributed by atoms with Crippen molar-refractivity contribution in [2.75, 3.05) is 5.32 Å². The first-order valence-electron chi connectivity index (χ1n) is 11.0. The van der Waals surface area contributed by atoms with Crippen LogP contribution in [0.25, 0.3) is 5.57 Å². The molecule has 1 atom stereocenters. The van der Waals surface area contributed by atoms with Gasteiger partial charge in [-0.3, -0.25) is 4.79 Å². The van der Waals surface area contributed by atoms with Crippen LogP contribution >= 0.6 is 0 Å². The van der Waals surface area contributed by atoms with Crippen LogP contribution in [0.2, 0.25) is 0 Å². The quantitative estimate of drug-likeness (QED) is 0.366. The van der Waals surface area contributed by atoms with Crippen molar-refractivity contribution in [3.05, 3.63) is 76.9 Å². The minimum Gasteiger partial charge on any atom is -0.383 e. The van der Waals surface area contributed by atoms with Crippen LogP contribution in [-0.4, -0.2) is 16.7 Å². The predicted octanol–water partition coefficient (Wildman–Crippen LogP) is 6.14. The van der Waals surface area contributed by atoms with Gasteiger partial charge in [0.15, 0.2) is 0 Å². The van der Waals surface area contributed by atoms with Crippen molar-refractivity contribution in [2.45, 2.75) is 53.9 Å². The number of rotatable bonds is 9. The summed E-state index contributed by atoms with van der Waals surface area (Å²) in [5.74, 6) is 0.00922. The normalized spacial score (nSPS) is 13.8. The number of anilines is 1. The predicted molar refractivity (Wildman–Crippen MR) is 131 cm³/mol. The number of benzene rings is 1. The van der Waals surface area contributed by atoms with Gasteiger partial charge >= 0.3 is 0 Å². The number of nitrogens with one attached hydrogen (secondary N) is 1. The van der Waals surface area contributed by atoms with E-state index in [0.29, 0.717) is 23.6 Å². The maximum absolute atomic E-state index is 15.6. The Balaban J connectivity index is 2.63. The van der Waals surface area contributed by atoms with Gasteiger partial charge < -0.3 is 11.1 Å². The highest BCUT2D eigenvalue weighted by Crippen LogP contribution is 2.35. The number of nitrogens with two attached hydrogens (primary N) is 1. The van der Waals surface area contributed by atoms with Crippen molar-refractivity contribution < 1.29 is 9.18 Å². The van der Waals surface area contributed by atoms with Gasteiger partial charge in [-0.2, -0.15) is 0 Å². The molecule has 1 unspecified atom stereocenters. The topological polar surface area (TPSA) is 80.4 Å². The summed E-state index contributed by atoms with van der Waals surface area (Å²) in [6.07, 6.45) is 7.27. The Kier molecular flexibility index (Phi) is 9.32. The molecular formula is C26H33FN4O. The van der Waals surface area contributed by atoms with E-state index in [4.69, 9.17) is 5.73 Å². The largest absolute Gasteiger partial charge is 0.383 e. The average Bonchev–Trinajstić information content (AvgIpc) is 2.79. The highest BCUT2D eigenvalue weighted by Gasteiger charge is 2.23. The number of hydrogen-bond donors (Lipinski definition) is 2. The Morgan fingerprint density at radius 2 is 2.06 bits per heavy atom. The van der Waals surface area contributed by atoms with Crippen LogP contribution in [0.3, 0.4) is 0 Å². The summed E-state index contributed by atoms with van der Waals surface area (Å²) in [5, 5.41) is 2.73. The number of aryl methyl sites for hydroxylation is 1. The van der Waals surface area contributed by atoms with Crippen LogP contribution < -0.4 is 11.1 Å². The molecule has 1 heterocycles. The van der Waals surface area contributed by atoms with E-state index in [1.165, 1.54) is 6.07 Å². The molecule has 2 aromatic rings. The molecule has 0 aliphatic carbocycles. The van der Waals surface area contributed by atoms with Gasteiger partial charge in [0.1, 0.15) is 17.5 Å². The molecule has 170 valence electrons. The van der Waals surface area contributed by atoms with E-state index in [1.54, 1.807) is 42.7 Å². The first kappa shape index (κ1) is 25.0. The van der Waals surface area contributed by atoms with E-state index < -0.39 is 11.7 Å². The van der Waals surface area contributed by atoms with Crippen molar-refractivity contribution in [3.63, 3.8) is 0 Å². The number of carbonyl (C=O) groups excluding carboxylic acids is 1. The van der Waals surface area contributed by atoms with Crippen molar-refractivity contribution in [1.29, 1.82) is 0 Å². The van der Waals surface area contributed by atoms with Crippen molar-refractivity contribution in [1.82, 2.24) is 4.98 Å². The number of aromatic nitrogens is 1. The number of aliphatic imine (C=N–C) groups is 1. The molecule has 0 spiro atoms. The Morgan fingerprint density at radius 3 is 2.66 bits per heavy atom. The first-order valence-corrected chi connectivity index (χ1v) is 11.0. The average molecular weight is 437 g/mol. The van der Waals surface area contributed by atoms with Crippen LogP contribution in [0.1, 0.15) is 68.9 Å². The minimum atomic E-state index is -0.435. The van der Waals surface area contributed by atoms with E-state index in [1.807, 2.05) is 20.8 Å². The molecule has 1 aromatic heterocycles. The highest BCUT2D eigenvalue weighted by atomic mass is 19.1. The summed E-state index contributed by atoms with van der Waals surface area (Å²) in [7, 11) is 0. The summed E-state index contributed by atoms with van der Waals surface area (Å²) >= 11 is 0. The maximum Gasteiger partial charge on any atom is 0.256 e. The highest BCUT2D eigenvalue weighted by molar-refractivity contribution is 6.06. The van der Waals surface area contributed by atoms with Crippen molar-refractivity contribution >= 4 is 23.1 Å². The summed E-state index contributed by atoms with van der Waals surface area (Å²) in [4.78, 5) is 21.2. The van der Waals surface area contributed by atoms with E-state index in [-0.39, 0.29) is 11.5 Å². The number of halogens is 1. The molecule has 0 aliphatic heterocycles. The maximum atomic E-state index is 15.6. The molecule has 0 bridgehead atoms. The van der Waals surface area contributed by atoms with Gasteiger partial charge in [-0.25, -0.2) is 14.4 Å². The number of allylic oxidation sites excluding steroid dienone is 2. The summed E-state index contributed by atoms with van der Waals surface area (Å²) in [6.45, 7) is 9.88. The van der Waals surface area contributed by atoms with Crippen LogP contribution in [0.15, 0.2) is 59.4 Å². The lowest BCUT2D eigenvalue weighted by atomic mass is 9.83. The molecule has 0 fully saturated rings. The van der Waals surface area contributed by atoms with Gasteiger partial charge in [0.2, 0.25) is 0 Å². The molecule has 3 N–H and O–H groups in total. The second kappa shape index (κ2) is 11.9. The van der Waals surface area contributed by atoms with Crippen molar-refractivity contribution in [3.8, 4) is 0 Å². The third kappa shape index (κ3) is 6.13. The van der Waals surface area contributed by atoms with Gasteiger partial charge in [0.05, 0.1) is 0 Å². The van der Waals surface area contributed by atoms with Crippen LogP contribution in [0.4, 0.5) is 10.2 Å². The Hall–Kier alpha value is -3.28. The van der Waals surface area contributed by atoms with Gasteiger partial charge in [-0.1, -0.05) is 39.3 Å². The second-order valence-electron chi connectivity index (χ2n) is 7.76. The molecule has 1 aromatic carbocycles. The van der Waals surface area contributed by atoms with Crippen LogP contribution in [0.5, 0.6) is 0 Å². The number of carbonyl (C=O) groups is 1. The molecule has 32 heavy (non-hydrogen) atoms. The lowest BCUT2D eigenvalue weighted by molar-refractivity contribution is 0.102. The molecule has 0 radical (unpaired) electrons. The molecule has 6 heteroatoms. The number of amides is 1. The molecule has 0 saturated heterocycles. The molecule has 2 rings (SSSR count). The van der Waals surface area contributed by atoms with E-state index >= 15 is 4.39 Å². The second-order valence-corrected chi connectivity index (χ2v) is 7.76. The van der Waals surface area contributed by atoms with E-state index in [2.05, 4.69) is 29.1 Å². The van der Waals surface area contributed by atoms with Gasteiger partial charge in [-0.05, 0) is 73.6 Å². The Bertz CT molecular complexity index is 1030. The smallest absolute Gasteiger partial charge is 0.256 e. The third-order valence-electron chi connectivity index (χ3n) is 5.39. The van der Waals surface area contributed by atoms with E-state index in [9.17, 15) is 4.79 Å². The molecule has 0 aliphatic rings. The molecular weight excluding hydrogens is 403 g/mol. The fraction of sp³-hybridized carbons (Fsp3) is 0.346. The summed E-state index contributed by atoms with van der Waals surface area (Å²) < 4.78 is 15.6. The zero-order valence-corrected chi connectivity index (χ0v) is 19.6. The fourth-order valence-electron chi connectivity index (χ4n) is 3.59. The Labute approximate surface area is 190 Å². The van der Waals surface area contributed by atoms with E-state index in [0.717, 1.165) is 29.6 Å². The lowest BCUT2D eigenvalue weighted by Gasteiger charge is -2.22. The first-order chi connectivity index (χ1) is 15.3. The zero-order valence-electron chi connectivity index (χ0n) is 19.6. The van der Waals surface area contributed by atoms with Crippen molar-refractivity contribution in [2.24, 2.45) is 16.6 Å². The van der Waals surface area contributed by atoms with Crippen LogP contribution in [-0.2, 0) is 6.42 Å². The summed E-state index contributed by atoms with van der Waals surface area (Å²) in [5.41, 5.74) is 9.36. The van der Waals surface area contributed by atoms with Gasteiger partial charge in [0, 0.05) is 23.5 Å². The standard InChI is InChI=1S/C26H33FN4O/c1-6-11-19-15-20(26(32)31-22-12-9-10-14-29-22)16-21(27)24(19)23(17(4)8-3)18(5)25(28)30-13-7-2/h7,9-10,12-17H,6,8,11H2,1-5H3,(H2,28,30)(H,29,31,32)/b13-7-,23-18-. The zero-order chi connectivity index (χ0) is 23.7. The van der Waals surface area contributed by atoms with Gasteiger partial charge in [-0.15, -0.1) is 0 Å². The Morgan fingerprint density at radius 1 is 1.31 bits per heavy atom. The monoisotopic (exact) mass is 436 g/mol. The number of amidine groups is 1. The fourth-order valence-corrected chi connectivity index (χ4v) is 3.59. The minimum absolute atomic E-state index is 0.0626. The number of nitrogens with zero attached hydrogens (tertiary/aromatic N) is 2. The molecule has 0 saturated carbocycles. The molecule has 5 nitrogen and oxygen atoms in total. The number of hydrogen-bond acceptors (Lipinski definition) is 3. The summed E-state index contributed by atoms with van der Waals surface area (Å²) in [6, 6.07) is 8.30. The van der Waals surface area contributed by atoms with Crippen LogP contribution in [0, 0.1) is 11.7 Å². The molecule has 1 amide bonds. The third-order valence-corrected chi connectivity index (χ3v) is 5.39. The SMILES string of the molecule is C\C=C/N=C(N)\C(C)=C(/c1c(F)cc(C(=O)Nc2ccccn2)cc1CCC)C(C)CC.